The van der Waals surface area contributed by atoms with Crippen molar-refractivity contribution in [3.8, 4) is 5.75 Å². The van der Waals surface area contributed by atoms with Gasteiger partial charge in [0.2, 0.25) is 0 Å². The number of ether oxygens (including phenoxy) is 1. The molecule has 0 aliphatic carbocycles. The number of fused-ring (bicyclic) bond motifs is 3. The molecule has 0 saturated heterocycles. The topological polar surface area (TPSA) is 70.1 Å². The monoisotopic (exact) mass is 390 g/mol. The fraction of sp³-hybridized carbons (Fsp3) is 0.100. The summed E-state index contributed by atoms with van der Waals surface area (Å²) in [6, 6.07) is 17.3. The van der Waals surface area contributed by atoms with Crippen LogP contribution in [0.4, 0.5) is 0 Å². The fourth-order valence-corrected chi connectivity index (χ4v) is 3.19. The molecule has 28 heavy (non-hydrogen) atoms. The number of hydrogen-bond acceptors (Lipinski definition) is 5. The molecule has 0 aliphatic heterocycles. The Morgan fingerprint density at radius 2 is 1.75 bits per heavy atom. The van der Waals surface area contributed by atoms with E-state index >= 15 is 0 Å². The molecule has 5 aromatic rings. The van der Waals surface area contributed by atoms with Crippen LogP contribution in [-0.2, 0) is 13.2 Å². The molecule has 0 bridgehead atoms. The van der Waals surface area contributed by atoms with Gasteiger partial charge in [-0.1, -0.05) is 41.9 Å². The number of aromatic nitrogens is 6. The third-order valence-corrected chi connectivity index (χ3v) is 4.72. The number of hydrogen-bond donors (Lipinski definition) is 0. The third kappa shape index (κ3) is 3.05. The van der Waals surface area contributed by atoms with E-state index in [9.17, 15) is 0 Å². The maximum absolute atomic E-state index is 5.90. The number of halogens is 1. The molecule has 8 heteroatoms. The molecule has 138 valence electrons. The quantitative estimate of drug-likeness (QED) is 0.457. The lowest BCUT2D eigenvalue weighted by Crippen LogP contribution is -2.04. The first kappa shape index (κ1) is 16.7. The minimum Gasteiger partial charge on any atom is -0.486 e. The van der Waals surface area contributed by atoms with Crippen molar-refractivity contribution < 1.29 is 4.74 Å². The molecule has 0 amide bonds. The molecule has 0 aliphatic rings. The van der Waals surface area contributed by atoms with E-state index < -0.39 is 0 Å². The summed E-state index contributed by atoms with van der Waals surface area (Å²) in [5, 5.41) is 14.6. The molecular weight excluding hydrogens is 376 g/mol. The van der Waals surface area contributed by atoms with Crippen LogP contribution in [0.3, 0.4) is 0 Å². The summed E-state index contributed by atoms with van der Waals surface area (Å²) in [7, 11) is 0. The summed E-state index contributed by atoms with van der Waals surface area (Å²) < 4.78 is 9.47. The normalized spacial score (nSPS) is 11.3. The smallest absolute Gasteiger partial charge is 0.176 e. The van der Waals surface area contributed by atoms with Crippen LogP contribution in [0.25, 0.3) is 16.7 Å². The zero-order valence-corrected chi connectivity index (χ0v) is 15.5. The Bertz CT molecular complexity index is 1250. The number of benzene rings is 2. The molecule has 0 fully saturated rings. The minimum absolute atomic E-state index is 0.272. The highest BCUT2D eigenvalue weighted by Crippen LogP contribution is 2.20. The van der Waals surface area contributed by atoms with Crippen molar-refractivity contribution in [2.45, 2.75) is 13.2 Å². The Hall–Kier alpha value is -3.45. The van der Waals surface area contributed by atoms with Crippen LogP contribution in [0, 0.1) is 0 Å². The highest BCUT2D eigenvalue weighted by molar-refractivity contribution is 6.30. The molecule has 3 heterocycles. The Kier molecular flexibility index (Phi) is 4.14. The van der Waals surface area contributed by atoms with E-state index in [0.29, 0.717) is 28.8 Å². The van der Waals surface area contributed by atoms with Crippen molar-refractivity contribution in [1.82, 2.24) is 29.4 Å². The van der Waals surface area contributed by atoms with Crippen LogP contribution >= 0.6 is 11.6 Å². The lowest BCUT2D eigenvalue weighted by molar-refractivity contribution is 0.294. The lowest BCUT2D eigenvalue weighted by Gasteiger charge is -2.05. The molecule has 2 aromatic carbocycles. The van der Waals surface area contributed by atoms with Crippen LogP contribution < -0.4 is 4.74 Å². The predicted octanol–water partition coefficient (Wildman–Crippen LogP) is 3.75. The van der Waals surface area contributed by atoms with Crippen molar-refractivity contribution >= 4 is 28.3 Å². The molecule has 3 aromatic heterocycles. The molecule has 0 unspecified atom stereocenters. The van der Waals surface area contributed by atoms with E-state index in [-0.39, 0.29) is 6.61 Å². The number of rotatable bonds is 5. The molecule has 0 spiro atoms. The summed E-state index contributed by atoms with van der Waals surface area (Å²) in [6.07, 6.45) is 3.49. The van der Waals surface area contributed by atoms with Gasteiger partial charge in [-0.15, -0.1) is 10.2 Å². The first-order valence-corrected chi connectivity index (χ1v) is 9.12. The molecule has 0 N–H and O–H groups in total. The van der Waals surface area contributed by atoms with Gasteiger partial charge in [0.15, 0.2) is 17.1 Å². The lowest BCUT2D eigenvalue weighted by atomic mass is 10.2. The largest absolute Gasteiger partial charge is 0.486 e. The number of nitrogens with zero attached hydrogens (tertiary/aromatic N) is 6. The second kappa shape index (κ2) is 6.94. The van der Waals surface area contributed by atoms with Crippen molar-refractivity contribution in [2.24, 2.45) is 0 Å². The predicted molar refractivity (Wildman–Crippen MR) is 105 cm³/mol. The summed E-state index contributed by atoms with van der Waals surface area (Å²) in [6.45, 7) is 0.919. The average Bonchev–Trinajstić information content (AvgIpc) is 3.32. The highest BCUT2D eigenvalue weighted by Gasteiger charge is 2.14. The first-order chi connectivity index (χ1) is 13.8. The molecule has 0 radical (unpaired) electrons. The SMILES string of the molecule is Clc1ccc(OCc2nnc3c4cnn(Cc5ccccc5)c4ncn23)cc1. The zero-order chi connectivity index (χ0) is 18.9. The Labute approximate surface area is 165 Å². The van der Waals surface area contributed by atoms with Gasteiger partial charge < -0.3 is 4.74 Å². The fourth-order valence-electron chi connectivity index (χ4n) is 3.06. The van der Waals surface area contributed by atoms with Crippen LogP contribution in [0.15, 0.2) is 67.1 Å². The summed E-state index contributed by atoms with van der Waals surface area (Å²) in [5.41, 5.74) is 2.64. The first-order valence-electron chi connectivity index (χ1n) is 8.74. The standard InChI is InChI=1S/C20H15ClN6O/c21-15-6-8-16(9-7-15)28-12-18-24-25-20-17-10-23-27(19(17)22-13-26(18)20)11-14-4-2-1-3-5-14/h1-10,13H,11-12H2. The third-order valence-electron chi connectivity index (χ3n) is 4.47. The van der Waals surface area contributed by atoms with E-state index in [2.05, 4.69) is 32.4 Å². The van der Waals surface area contributed by atoms with Gasteiger partial charge >= 0.3 is 0 Å². The van der Waals surface area contributed by atoms with Gasteiger partial charge in [-0.3, -0.25) is 4.40 Å². The Morgan fingerprint density at radius 3 is 2.57 bits per heavy atom. The summed E-state index contributed by atoms with van der Waals surface area (Å²) in [4.78, 5) is 4.58. The minimum atomic E-state index is 0.272. The van der Waals surface area contributed by atoms with Crippen LogP contribution in [0.5, 0.6) is 5.75 Å². The van der Waals surface area contributed by atoms with Gasteiger partial charge in [-0.05, 0) is 29.8 Å². The maximum atomic E-state index is 5.90. The van der Waals surface area contributed by atoms with Crippen molar-refractivity contribution in [3.05, 3.63) is 83.5 Å². The zero-order valence-electron chi connectivity index (χ0n) is 14.7. The van der Waals surface area contributed by atoms with Crippen LogP contribution in [-0.4, -0.2) is 29.4 Å². The molecule has 5 rings (SSSR count). The second-order valence-corrected chi connectivity index (χ2v) is 6.76. The summed E-state index contributed by atoms with van der Waals surface area (Å²) >= 11 is 5.90. The average molecular weight is 391 g/mol. The van der Waals surface area contributed by atoms with E-state index in [1.54, 1.807) is 24.7 Å². The summed E-state index contributed by atoms with van der Waals surface area (Å²) in [5.74, 6) is 1.38. The van der Waals surface area contributed by atoms with E-state index in [1.165, 1.54) is 0 Å². The highest BCUT2D eigenvalue weighted by atomic mass is 35.5. The second-order valence-electron chi connectivity index (χ2n) is 6.32. The molecule has 0 saturated carbocycles. The van der Waals surface area contributed by atoms with E-state index in [0.717, 1.165) is 16.6 Å². The van der Waals surface area contributed by atoms with E-state index in [1.807, 2.05) is 39.4 Å². The molecular formula is C20H15ClN6O. The van der Waals surface area contributed by atoms with Crippen molar-refractivity contribution in [3.63, 3.8) is 0 Å². The Balaban J connectivity index is 1.44. The van der Waals surface area contributed by atoms with Gasteiger partial charge in [-0.2, -0.15) is 5.10 Å². The van der Waals surface area contributed by atoms with Crippen molar-refractivity contribution in [1.29, 1.82) is 0 Å². The Morgan fingerprint density at radius 1 is 0.929 bits per heavy atom. The molecule has 7 nitrogen and oxygen atoms in total. The van der Waals surface area contributed by atoms with Crippen molar-refractivity contribution in [2.75, 3.05) is 0 Å². The van der Waals surface area contributed by atoms with Gasteiger partial charge in [0.05, 0.1) is 18.1 Å². The van der Waals surface area contributed by atoms with Crippen LogP contribution in [0.2, 0.25) is 5.02 Å². The maximum Gasteiger partial charge on any atom is 0.176 e. The van der Waals surface area contributed by atoms with Gasteiger partial charge in [0, 0.05) is 5.02 Å². The molecule has 0 atom stereocenters. The van der Waals surface area contributed by atoms with Gasteiger partial charge in [0.25, 0.3) is 0 Å². The van der Waals surface area contributed by atoms with Gasteiger partial charge in [-0.25, -0.2) is 9.67 Å². The van der Waals surface area contributed by atoms with Crippen LogP contribution in [0.1, 0.15) is 11.4 Å². The van der Waals surface area contributed by atoms with E-state index in [4.69, 9.17) is 16.3 Å². The van der Waals surface area contributed by atoms with Gasteiger partial charge in [0.1, 0.15) is 18.7 Å².